The molecule has 1 aromatic carbocycles. The second-order valence-corrected chi connectivity index (χ2v) is 2.58. The van der Waals surface area contributed by atoms with Gasteiger partial charge in [-0.25, -0.2) is 0 Å². The van der Waals surface area contributed by atoms with Gasteiger partial charge in [0.05, 0.1) is 0 Å². The van der Waals surface area contributed by atoms with Gasteiger partial charge < -0.3 is 5.92 Å². The summed E-state index contributed by atoms with van der Waals surface area (Å²) in [4.78, 5) is 0. The second kappa shape index (κ2) is 10.3. The molecule has 0 aromatic heterocycles. The normalized spacial score (nSPS) is 7.64. The largest absolute Gasteiger partial charge is 0.323 e. The predicted octanol–water partition coefficient (Wildman–Crippen LogP) is 3.10. The average Bonchev–Trinajstić information content (AvgIpc) is 1.90. The van der Waals surface area contributed by atoms with Gasteiger partial charge in [0.1, 0.15) is 0 Å². The van der Waals surface area contributed by atoms with Crippen molar-refractivity contribution in [3.63, 3.8) is 0 Å². The first-order valence-corrected chi connectivity index (χ1v) is 3.41. The molecule has 0 fully saturated rings. The zero-order valence-corrected chi connectivity index (χ0v) is 10.3. The molecule has 0 aliphatic rings. The quantitative estimate of drug-likeness (QED) is 0.593. The molecule has 1 aromatic rings. The molecular weight excluding hydrogens is 209 g/mol. The number of hydrogen-bond acceptors (Lipinski definition) is 0. The fourth-order valence-corrected chi connectivity index (χ4v) is 0.342. The summed E-state index contributed by atoms with van der Waals surface area (Å²) in [7, 11) is 0. The summed E-state index contributed by atoms with van der Waals surface area (Å²) in [6.07, 6.45) is 0. The topological polar surface area (TPSA) is 0 Å². The number of benzene rings is 1. The Kier molecular flexibility index (Phi) is 13.0. The zero-order chi connectivity index (χ0) is 7.82. The van der Waals surface area contributed by atoms with Crippen molar-refractivity contribution in [1.29, 1.82) is 0 Å². The first kappa shape index (κ1) is 13.9. The van der Waals surface area contributed by atoms with Gasteiger partial charge in [-0.3, -0.25) is 0 Å². The Bertz CT molecular complexity index is 105. The molecule has 11 heavy (non-hydrogen) atoms. The van der Waals surface area contributed by atoms with Gasteiger partial charge in [0.15, 0.2) is 0 Å². The van der Waals surface area contributed by atoms with Crippen LogP contribution >= 0.6 is 0 Å². The second-order valence-electron chi connectivity index (χ2n) is 2.58. The van der Waals surface area contributed by atoms with Crippen LogP contribution in [0.4, 0.5) is 0 Å². The maximum atomic E-state index is 2.89. The Morgan fingerprint density at radius 2 is 1.27 bits per heavy atom. The Labute approximate surface area is 95.3 Å². The Hall–Kier alpha value is 0.324. The average molecular weight is 223 g/mol. The summed E-state index contributed by atoms with van der Waals surface area (Å²) in [6, 6.07) is 12.5. The summed E-state index contributed by atoms with van der Waals surface area (Å²) in [5.74, 6) is 1.42. The zero-order valence-electron chi connectivity index (χ0n) is 7.46. The van der Waals surface area contributed by atoms with Crippen molar-refractivity contribution < 1.29 is 32.7 Å². The Morgan fingerprint density at radius 1 is 0.909 bits per heavy atom. The maximum absolute atomic E-state index is 2.89. The first-order valence-electron chi connectivity index (χ1n) is 3.41. The van der Waals surface area contributed by atoms with E-state index in [1.165, 1.54) is 5.92 Å². The van der Waals surface area contributed by atoms with Crippen LogP contribution in [0.1, 0.15) is 20.8 Å². The summed E-state index contributed by atoms with van der Waals surface area (Å²) < 4.78 is 0. The minimum atomic E-state index is 0. The number of rotatable bonds is 0. The van der Waals surface area contributed by atoms with E-state index in [1.807, 2.05) is 30.3 Å². The van der Waals surface area contributed by atoms with E-state index < -0.39 is 0 Å². The van der Waals surface area contributed by atoms with Crippen LogP contribution in [0.25, 0.3) is 0 Å². The van der Waals surface area contributed by atoms with E-state index in [0.717, 1.165) is 0 Å². The van der Waals surface area contributed by atoms with Gasteiger partial charge in [0.2, 0.25) is 0 Å². The third-order valence-corrected chi connectivity index (χ3v) is 0.607. The third-order valence-electron chi connectivity index (χ3n) is 0.607. The molecule has 59 valence electrons. The van der Waals surface area contributed by atoms with E-state index in [2.05, 4.69) is 26.8 Å². The molecule has 0 atom stereocenters. The molecule has 0 nitrogen and oxygen atoms in total. The van der Waals surface area contributed by atoms with Gasteiger partial charge in [0, 0.05) is 32.7 Å². The van der Waals surface area contributed by atoms with Gasteiger partial charge in [0.25, 0.3) is 0 Å². The minimum Gasteiger partial charge on any atom is -0.323 e. The molecule has 0 aliphatic carbocycles. The fourth-order valence-electron chi connectivity index (χ4n) is 0.342. The van der Waals surface area contributed by atoms with Crippen LogP contribution in [0, 0.1) is 12.0 Å². The molecule has 0 spiro atoms. The van der Waals surface area contributed by atoms with Crippen molar-refractivity contribution in [3.8, 4) is 0 Å². The SMILES string of the molecule is C[C-](C)C.[Y].[c-]1ccccc1. The third kappa shape index (κ3) is 17.9. The number of hydrogen-bond donors (Lipinski definition) is 0. The molecule has 0 unspecified atom stereocenters. The molecule has 0 saturated carbocycles. The van der Waals surface area contributed by atoms with Crippen molar-refractivity contribution in [2.75, 3.05) is 0 Å². The van der Waals surface area contributed by atoms with Crippen molar-refractivity contribution >= 4 is 0 Å². The summed E-state index contributed by atoms with van der Waals surface area (Å²) in [6.45, 7) is 6.25. The molecular formula is C10H14Y-2. The van der Waals surface area contributed by atoms with Gasteiger partial charge in [-0.1, -0.05) is 0 Å². The van der Waals surface area contributed by atoms with Gasteiger partial charge in [-0.05, 0) is 0 Å². The van der Waals surface area contributed by atoms with E-state index in [-0.39, 0.29) is 32.7 Å². The first-order chi connectivity index (χ1) is 4.73. The molecule has 0 saturated heterocycles. The van der Waals surface area contributed by atoms with Gasteiger partial charge in [-0.2, -0.15) is 57.2 Å². The predicted molar refractivity (Wildman–Crippen MR) is 45.5 cm³/mol. The molecule has 1 heteroatoms. The fraction of sp³-hybridized carbons (Fsp3) is 0.300. The molecule has 0 heterocycles. The van der Waals surface area contributed by atoms with E-state index in [0.29, 0.717) is 0 Å². The van der Waals surface area contributed by atoms with Gasteiger partial charge >= 0.3 is 0 Å². The Morgan fingerprint density at radius 3 is 1.36 bits per heavy atom. The van der Waals surface area contributed by atoms with Crippen LogP contribution in [-0.4, -0.2) is 0 Å². The van der Waals surface area contributed by atoms with Crippen molar-refractivity contribution in [2.24, 2.45) is 0 Å². The van der Waals surface area contributed by atoms with Crippen LogP contribution in [0.15, 0.2) is 30.3 Å². The summed E-state index contributed by atoms with van der Waals surface area (Å²) in [5.41, 5.74) is 0. The smallest absolute Gasteiger partial charge is 0 e. The van der Waals surface area contributed by atoms with E-state index in [9.17, 15) is 0 Å². The molecule has 0 aliphatic heterocycles. The van der Waals surface area contributed by atoms with Gasteiger partial charge in [-0.15, -0.1) is 0 Å². The van der Waals surface area contributed by atoms with Crippen molar-refractivity contribution in [1.82, 2.24) is 0 Å². The molecule has 0 amide bonds. The monoisotopic (exact) mass is 223 g/mol. The molecule has 1 rings (SSSR count). The standard InChI is InChI=1S/C6H5.C4H9.Y/c1-2-4-6-5-3-1;1-4(2)3;/h1-5H;1-3H3;/q2*-1;. The molecule has 1 radical (unpaired) electrons. The van der Waals surface area contributed by atoms with Crippen LogP contribution < -0.4 is 0 Å². The van der Waals surface area contributed by atoms with E-state index >= 15 is 0 Å². The van der Waals surface area contributed by atoms with Crippen LogP contribution in [0.2, 0.25) is 0 Å². The minimum absolute atomic E-state index is 0. The maximum Gasteiger partial charge on any atom is 0 e. The molecule has 0 N–H and O–H groups in total. The van der Waals surface area contributed by atoms with Crippen LogP contribution in [-0.2, 0) is 32.7 Å². The summed E-state index contributed by atoms with van der Waals surface area (Å²) in [5, 5.41) is 0. The van der Waals surface area contributed by atoms with Crippen molar-refractivity contribution in [2.45, 2.75) is 20.8 Å². The Balaban J connectivity index is 0. The van der Waals surface area contributed by atoms with E-state index in [1.54, 1.807) is 0 Å². The van der Waals surface area contributed by atoms with Crippen molar-refractivity contribution in [3.05, 3.63) is 42.3 Å². The van der Waals surface area contributed by atoms with Crippen LogP contribution in [0.5, 0.6) is 0 Å². The van der Waals surface area contributed by atoms with Crippen LogP contribution in [0.3, 0.4) is 0 Å². The van der Waals surface area contributed by atoms with E-state index in [4.69, 9.17) is 0 Å². The summed E-state index contributed by atoms with van der Waals surface area (Å²) >= 11 is 0. The molecule has 0 bridgehead atoms.